The third-order valence-electron chi connectivity index (χ3n) is 4.51. The molecule has 3 rings (SSSR count). The molecule has 0 aromatic carbocycles. The van der Waals surface area contributed by atoms with Crippen molar-refractivity contribution in [2.75, 3.05) is 19.8 Å². The van der Waals surface area contributed by atoms with Crippen molar-refractivity contribution in [1.29, 1.82) is 0 Å². The molecule has 1 aromatic rings. The van der Waals surface area contributed by atoms with Crippen LogP contribution in [0.15, 0.2) is 0 Å². The Bertz CT molecular complexity index is 520. The molecule has 21 heavy (non-hydrogen) atoms. The van der Waals surface area contributed by atoms with Gasteiger partial charge in [0.2, 0.25) is 5.91 Å². The number of aliphatic hydroxyl groups is 1. The highest BCUT2D eigenvalue weighted by Crippen LogP contribution is 2.25. The average molecular weight is 293 g/mol. The quantitative estimate of drug-likeness (QED) is 0.887. The first-order valence-electron chi connectivity index (χ1n) is 7.76. The van der Waals surface area contributed by atoms with Gasteiger partial charge in [0.05, 0.1) is 12.3 Å². The van der Waals surface area contributed by atoms with Gasteiger partial charge in [-0.3, -0.25) is 9.48 Å². The minimum atomic E-state index is -0.0617. The minimum Gasteiger partial charge on any atom is -0.390 e. The molecule has 0 unspecified atom stereocenters. The molecule has 6 heteroatoms. The predicted octanol–water partition coefficient (Wildman–Crippen LogP) is 0.707. The van der Waals surface area contributed by atoms with Crippen LogP contribution in [0.5, 0.6) is 0 Å². The minimum absolute atomic E-state index is 0.0617. The fourth-order valence-electron chi connectivity index (χ4n) is 3.28. The first-order valence-corrected chi connectivity index (χ1v) is 7.76. The van der Waals surface area contributed by atoms with Gasteiger partial charge >= 0.3 is 0 Å². The monoisotopic (exact) mass is 293 g/mol. The zero-order valence-electron chi connectivity index (χ0n) is 12.5. The topological polar surface area (TPSA) is 67.6 Å². The summed E-state index contributed by atoms with van der Waals surface area (Å²) in [5, 5.41) is 13.9. The van der Waals surface area contributed by atoms with Gasteiger partial charge in [0.1, 0.15) is 0 Å². The van der Waals surface area contributed by atoms with E-state index in [1.165, 1.54) is 5.69 Å². The van der Waals surface area contributed by atoms with Gasteiger partial charge in [-0.1, -0.05) is 0 Å². The lowest BCUT2D eigenvalue weighted by atomic mass is 10.0. The average Bonchev–Trinajstić information content (AvgIpc) is 3.13. The highest BCUT2D eigenvalue weighted by atomic mass is 16.5. The van der Waals surface area contributed by atoms with Crippen LogP contribution in [0, 0.1) is 5.92 Å². The number of aryl methyl sites for hydroxylation is 1. The zero-order valence-corrected chi connectivity index (χ0v) is 12.5. The smallest absolute Gasteiger partial charge is 0.223 e. The van der Waals surface area contributed by atoms with Crippen molar-refractivity contribution < 1.29 is 14.6 Å². The Morgan fingerprint density at radius 2 is 2.38 bits per heavy atom. The van der Waals surface area contributed by atoms with E-state index in [2.05, 4.69) is 5.10 Å². The highest BCUT2D eigenvalue weighted by molar-refractivity contribution is 5.76. The Labute approximate surface area is 124 Å². The van der Waals surface area contributed by atoms with Crippen LogP contribution >= 0.6 is 0 Å². The van der Waals surface area contributed by atoms with Gasteiger partial charge in [-0.2, -0.15) is 5.10 Å². The normalized spacial score (nSPS) is 21.6. The van der Waals surface area contributed by atoms with Gasteiger partial charge in [-0.05, 0) is 19.3 Å². The summed E-state index contributed by atoms with van der Waals surface area (Å²) in [5.41, 5.74) is 2.94. The van der Waals surface area contributed by atoms with Crippen LogP contribution < -0.4 is 0 Å². The lowest BCUT2D eigenvalue weighted by Gasteiger charge is -2.28. The molecule has 116 valence electrons. The summed E-state index contributed by atoms with van der Waals surface area (Å²) >= 11 is 0. The second-order valence-corrected chi connectivity index (χ2v) is 5.84. The summed E-state index contributed by atoms with van der Waals surface area (Å²) in [6, 6.07) is 0. The van der Waals surface area contributed by atoms with E-state index < -0.39 is 0 Å². The van der Waals surface area contributed by atoms with Crippen LogP contribution in [0.3, 0.4) is 0 Å². The Morgan fingerprint density at radius 3 is 3.05 bits per heavy atom. The summed E-state index contributed by atoms with van der Waals surface area (Å²) in [4.78, 5) is 14.3. The van der Waals surface area contributed by atoms with Crippen LogP contribution in [0.1, 0.15) is 36.7 Å². The zero-order chi connectivity index (χ0) is 14.8. The molecule has 1 atom stereocenters. The predicted molar refractivity (Wildman–Crippen MR) is 76.5 cm³/mol. The second-order valence-electron chi connectivity index (χ2n) is 5.84. The number of nitrogens with zero attached hydrogens (tertiary/aromatic N) is 3. The Balaban J connectivity index is 1.71. The lowest BCUT2D eigenvalue weighted by molar-refractivity contribution is -0.133. The maximum atomic E-state index is 12.4. The molecule has 0 bridgehead atoms. The summed E-state index contributed by atoms with van der Waals surface area (Å²) in [6.45, 7) is 5.60. The van der Waals surface area contributed by atoms with Crippen molar-refractivity contribution in [1.82, 2.24) is 14.7 Å². The molecule has 0 aliphatic carbocycles. The molecule has 0 saturated carbocycles. The van der Waals surface area contributed by atoms with E-state index in [9.17, 15) is 9.90 Å². The molecule has 0 spiro atoms. The number of ether oxygens (including phenoxy) is 1. The number of aromatic nitrogens is 2. The molecule has 1 aromatic heterocycles. The maximum absolute atomic E-state index is 12.4. The fourth-order valence-corrected chi connectivity index (χ4v) is 3.28. The van der Waals surface area contributed by atoms with Crippen molar-refractivity contribution in [2.24, 2.45) is 5.92 Å². The van der Waals surface area contributed by atoms with Gasteiger partial charge in [-0.15, -0.1) is 0 Å². The molecule has 2 aliphatic rings. The van der Waals surface area contributed by atoms with Gasteiger partial charge in [0, 0.05) is 56.9 Å². The third kappa shape index (κ3) is 2.82. The lowest BCUT2D eigenvalue weighted by Crippen LogP contribution is -2.37. The van der Waals surface area contributed by atoms with Gasteiger partial charge in [-0.25, -0.2) is 0 Å². The Hall–Kier alpha value is -1.40. The number of amides is 1. The summed E-state index contributed by atoms with van der Waals surface area (Å²) in [5.74, 6) is 0.568. The van der Waals surface area contributed by atoms with Crippen LogP contribution in [0.2, 0.25) is 0 Å². The summed E-state index contributed by atoms with van der Waals surface area (Å²) in [7, 11) is 0. The van der Waals surface area contributed by atoms with Crippen LogP contribution in [0.4, 0.5) is 0 Å². The molecule has 1 N–H and O–H groups in total. The molecule has 1 amide bonds. The van der Waals surface area contributed by atoms with Gasteiger partial charge in [0.25, 0.3) is 0 Å². The number of rotatable bonds is 4. The SMILES string of the molecule is CCn1nc(CO)c2c1CCN(C(=O)C[C@@H]1CCOC1)C2. The molecular formula is C15H23N3O3. The molecule has 0 radical (unpaired) electrons. The van der Waals surface area contributed by atoms with E-state index in [1.807, 2.05) is 16.5 Å². The molecule has 3 heterocycles. The molecule has 1 fully saturated rings. The van der Waals surface area contributed by atoms with E-state index in [1.54, 1.807) is 0 Å². The standard InChI is InChI=1S/C15H23N3O3/c1-2-18-14-3-5-17(8-12(14)13(9-19)16-18)15(20)7-11-4-6-21-10-11/h11,19H,2-10H2,1H3/t11-/m0/s1. The molecule has 1 saturated heterocycles. The molecular weight excluding hydrogens is 270 g/mol. The number of carbonyl (C=O) groups excluding carboxylic acids is 1. The summed E-state index contributed by atoms with van der Waals surface area (Å²) in [6.07, 6.45) is 2.38. The number of hydrogen-bond donors (Lipinski definition) is 1. The van der Waals surface area contributed by atoms with Crippen LogP contribution in [-0.2, 0) is 35.6 Å². The van der Waals surface area contributed by atoms with Gasteiger partial charge < -0.3 is 14.7 Å². The fraction of sp³-hybridized carbons (Fsp3) is 0.733. The Kier molecular flexibility index (Phi) is 4.26. The van der Waals surface area contributed by atoms with E-state index >= 15 is 0 Å². The van der Waals surface area contributed by atoms with E-state index in [0.29, 0.717) is 31.2 Å². The largest absolute Gasteiger partial charge is 0.390 e. The number of fused-ring (bicyclic) bond motifs is 1. The van der Waals surface area contributed by atoms with Crippen molar-refractivity contribution in [3.63, 3.8) is 0 Å². The molecule has 6 nitrogen and oxygen atoms in total. The highest BCUT2D eigenvalue weighted by Gasteiger charge is 2.28. The van der Waals surface area contributed by atoms with Gasteiger partial charge in [0.15, 0.2) is 0 Å². The van der Waals surface area contributed by atoms with Crippen LogP contribution in [0.25, 0.3) is 0 Å². The van der Waals surface area contributed by atoms with Crippen molar-refractivity contribution in [2.45, 2.75) is 45.9 Å². The number of carbonyl (C=O) groups is 1. The first kappa shape index (κ1) is 14.5. The summed E-state index contributed by atoms with van der Waals surface area (Å²) < 4.78 is 7.29. The number of aliphatic hydroxyl groups excluding tert-OH is 1. The molecule has 2 aliphatic heterocycles. The second kappa shape index (κ2) is 6.15. The van der Waals surface area contributed by atoms with Crippen molar-refractivity contribution in [3.05, 3.63) is 17.0 Å². The Morgan fingerprint density at radius 1 is 1.52 bits per heavy atom. The van der Waals surface area contributed by atoms with Crippen LogP contribution in [-0.4, -0.2) is 45.5 Å². The first-order chi connectivity index (χ1) is 10.2. The van der Waals surface area contributed by atoms with E-state index in [4.69, 9.17) is 4.74 Å². The van der Waals surface area contributed by atoms with Crippen molar-refractivity contribution >= 4 is 5.91 Å². The third-order valence-corrected chi connectivity index (χ3v) is 4.51. The van der Waals surface area contributed by atoms with Crippen molar-refractivity contribution in [3.8, 4) is 0 Å². The van der Waals surface area contributed by atoms with E-state index in [0.717, 1.165) is 38.1 Å². The number of hydrogen-bond acceptors (Lipinski definition) is 4. The van der Waals surface area contributed by atoms with E-state index in [-0.39, 0.29) is 12.5 Å². The maximum Gasteiger partial charge on any atom is 0.223 e.